The van der Waals surface area contributed by atoms with Crippen LogP contribution in [-0.4, -0.2) is 11.7 Å². The first-order valence-electron chi connectivity index (χ1n) is 5.53. The molecule has 2 nitrogen and oxygen atoms in total. The minimum absolute atomic E-state index is 0.164. The number of nitrogens with two attached hydrogens (primary N) is 1. The van der Waals surface area contributed by atoms with Crippen LogP contribution in [0.4, 0.5) is 0 Å². The Bertz CT molecular complexity index is 331. The predicted molar refractivity (Wildman–Crippen MR) is 64.2 cm³/mol. The lowest BCUT2D eigenvalue weighted by atomic mass is 9.81. The minimum atomic E-state index is 0.164. The van der Waals surface area contributed by atoms with Crippen molar-refractivity contribution in [1.82, 2.24) is 0 Å². The summed E-state index contributed by atoms with van der Waals surface area (Å²) in [4.78, 5) is 0. The van der Waals surface area contributed by atoms with Gasteiger partial charge in [0.05, 0.1) is 0 Å². The number of phenols is 1. The molecule has 0 atom stereocenters. The first-order chi connectivity index (χ1) is 7.01. The molecule has 0 spiro atoms. The van der Waals surface area contributed by atoms with Crippen molar-refractivity contribution in [2.75, 3.05) is 6.54 Å². The molecular weight excluding hydrogens is 186 g/mol. The summed E-state index contributed by atoms with van der Waals surface area (Å²) < 4.78 is 0. The SMILES string of the molecule is CCC(C)(C)c1ccc(O)c(CCN)c1. The molecule has 1 rings (SSSR count). The fourth-order valence-electron chi connectivity index (χ4n) is 1.57. The van der Waals surface area contributed by atoms with Crippen LogP contribution in [0.3, 0.4) is 0 Å². The Labute approximate surface area is 92.1 Å². The van der Waals surface area contributed by atoms with E-state index in [2.05, 4.69) is 26.8 Å². The van der Waals surface area contributed by atoms with Gasteiger partial charge in [-0.25, -0.2) is 0 Å². The second-order valence-corrected chi connectivity index (χ2v) is 4.62. The normalized spacial score (nSPS) is 11.7. The molecule has 3 N–H and O–H groups in total. The third-order valence-electron chi connectivity index (χ3n) is 3.16. The maximum absolute atomic E-state index is 9.65. The number of hydrogen-bond acceptors (Lipinski definition) is 2. The maximum Gasteiger partial charge on any atom is 0.118 e. The maximum atomic E-state index is 9.65. The molecule has 0 aliphatic heterocycles. The Morgan fingerprint density at radius 2 is 2.00 bits per heavy atom. The zero-order valence-corrected chi connectivity index (χ0v) is 9.88. The summed E-state index contributed by atoms with van der Waals surface area (Å²) in [7, 11) is 0. The summed E-state index contributed by atoms with van der Waals surface area (Å²) in [5, 5.41) is 9.65. The van der Waals surface area contributed by atoms with Gasteiger partial charge in [-0.15, -0.1) is 0 Å². The second kappa shape index (κ2) is 4.67. The van der Waals surface area contributed by atoms with Gasteiger partial charge in [0.15, 0.2) is 0 Å². The Morgan fingerprint density at radius 3 is 2.53 bits per heavy atom. The topological polar surface area (TPSA) is 46.2 Å². The third-order valence-corrected chi connectivity index (χ3v) is 3.16. The smallest absolute Gasteiger partial charge is 0.118 e. The molecule has 0 heterocycles. The van der Waals surface area contributed by atoms with E-state index in [0.717, 1.165) is 18.4 Å². The summed E-state index contributed by atoms with van der Waals surface area (Å²) in [6, 6.07) is 5.85. The molecule has 1 aromatic carbocycles. The molecule has 0 aliphatic rings. The second-order valence-electron chi connectivity index (χ2n) is 4.62. The molecule has 0 bridgehead atoms. The van der Waals surface area contributed by atoms with E-state index in [1.165, 1.54) is 5.56 Å². The molecular formula is C13H21NO. The van der Waals surface area contributed by atoms with Gasteiger partial charge in [0.2, 0.25) is 0 Å². The standard InChI is InChI=1S/C13H21NO/c1-4-13(2,3)11-5-6-12(15)10(9-11)7-8-14/h5-6,9,15H,4,7-8,14H2,1-3H3. The summed E-state index contributed by atoms with van der Waals surface area (Å²) >= 11 is 0. The van der Waals surface area contributed by atoms with Gasteiger partial charge in [-0.1, -0.05) is 32.9 Å². The lowest BCUT2D eigenvalue weighted by Crippen LogP contribution is -2.16. The van der Waals surface area contributed by atoms with Gasteiger partial charge in [-0.2, -0.15) is 0 Å². The van der Waals surface area contributed by atoms with E-state index >= 15 is 0 Å². The molecule has 2 heteroatoms. The predicted octanol–water partition coefficient (Wildman–Crippen LogP) is 2.58. The molecule has 0 aliphatic carbocycles. The number of hydrogen-bond donors (Lipinski definition) is 2. The van der Waals surface area contributed by atoms with Crippen LogP contribution in [0.1, 0.15) is 38.3 Å². The molecule has 0 aromatic heterocycles. The minimum Gasteiger partial charge on any atom is -0.508 e. The van der Waals surface area contributed by atoms with Crippen LogP contribution in [0, 0.1) is 0 Å². The summed E-state index contributed by atoms with van der Waals surface area (Å²) in [6.07, 6.45) is 1.82. The molecule has 1 aromatic rings. The fraction of sp³-hybridized carbons (Fsp3) is 0.538. The highest BCUT2D eigenvalue weighted by Crippen LogP contribution is 2.30. The van der Waals surface area contributed by atoms with E-state index in [9.17, 15) is 5.11 Å². The van der Waals surface area contributed by atoms with Crippen molar-refractivity contribution in [2.24, 2.45) is 5.73 Å². The average Bonchev–Trinajstić information content (AvgIpc) is 2.21. The van der Waals surface area contributed by atoms with Crippen molar-refractivity contribution in [1.29, 1.82) is 0 Å². The van der Waals surface area contributed by atoms with Crippen LogP contribution in [0.15, 0.2) is 18.2 Å². The van der Waals surface area contributed by atoms with Crippen LogP contribution in [0.5, 0.6) is 5.75 Å². The average molecular weight is 207 g/mol. The fourth-order valence-corrected chi connectivity index (χ4v) is 1.57. The van der Waals surface area contributed by atoms with Gasteiger partial charge in [0, 0.05) is 0 Å². The summed E-state index contributed by atoms with van der Waals surface area (Å²) in [5.74, 6) is 0.358. The quantitative estimate of drug-likeness (QED) is 0.797. The van der Waals surface area contributed by atoms with Gasteiger partial charge >= 0.3 is 0 Å². The lowest BCUT2D eigenvalue weighted by Gasteiger charge is -2.24. The zero-order chi connectivity index (χ0) is 11.5. The molecule has 0 amide bonds. The molecule has 0 saturated heterocycles. The Kier molecular flexibility index (Phi) is 3.75. The summed E-state index contributed by atoms with van der Waals surface area (Å²) in [6.45, 7) is 7.18. The lowest BCUT2D eigenvalue weighted by molar-refractivity contribution is 0.464. The van der Waals surface area contributed by atoms with Gasteiger partial charge in [0.1, 0.15) is 5.75 Å². The van der Waals surface area contributed by atoms with Crippen LogP contribution in [0.2, 0.25) is 0 Å². The van der Waals surface area contributed by atoms with E-state index < -0.39 is 0 Å². The van der Waals surface area contributed by atoms with E-state index in [-0.39, 0.29) is 5.41 Å². The van der Waals surface area contributed by atoms with E-state index in [1.807, 2.05) is 6.07 Å². The highest BCUT2D eigenvalue weighted by Gasteiger charge is 2.18. The van der Waals surface area contributed by atoms with Crippen LogP contribution < -0.4 is 5.73 Å². The van der Waals surface area contributed by atoms with Crippen molar-refractivity contribution >= 4 is 0 Å². The molecule has 0 saturated carbocycles. The van der Waals surface area contributed by atoms with Crippen molar-refractivity contribution in [3.63, 3.8) is 0 Å². The highest BCUT2D eigenvalue weighted by molar-refractivity contribution is 5.39. The zero-order valence-electron chi connectivity index (χ0n) is 9.88. The molecule has 0 radical (unpaired) electrons. The molecule has 15 heavy (non-hydrogen) atoms. The van der Waals surface area contributed by atoms with Crippen LogP contribution in [0.25, 0.3) is 0 Å². The number of phenolic OH excluding ortho intramolecular Hbond substituents is 1. The Hall–Kier alpha value is -1.02. The van der Waals surface area contributed by atoms with E-state index in [1.54, 1.807) is 6.07 Å². The summed E-state index contributed by atoms with van der Waals surface area (Å²) in [5.41, 5.74) is 7.90. The van der Waals surface area contributed by atoms with Crippen molar-refractivity contribution in [2.45, 2.75) is 39.0 Å². The van der Waals surface area contributed by atoms with E-state index in [4.69, 9.17) is 5.73 Å². The number of aromatic hydroxyl groups is 1. The number of benzene rings is 1. The van der Waals surface area contributed by atoms with Crippen LogP contribution >= 0.6 is 0 Å². The Balaban J connectivity index is 3.07. The van der Waals surface area contributed by atoms with Gasteiger partial charge in [-0.05, 0) is 42.0 Å². The van der Waals surface area contributed by atoms with Gasteiger partial charge in [-0.3, -0.25) is 0 Å². The molecule has 0 unspecified atom stereocenters. The monoisotopic (exact) mass is 207 g/mol. The van der Waals surface area contributed by atoms with Crippen molar-refractivity contribution < 1.29 is 5.11 Å². The van der Waals surface area contributed by atoms with Crippen LogP contribution in [-0.2, 0) is 11.8 Å². The number of rotatable bonds is 4. The van der Waals surface area contributed by atoms with Crippen molar-refractivity contribution in [3.8, 4) is 5.75 Å². The van der Waals surface area contributed by atoms with Crippen molar-refractivity contribution in [3.05, 3.63) is 29.3 Å². The highest BCUT2D eigenvalue weighted by atomic mass is 16.3. The molecule has 84 valence electrons. The van der Waals surface area contributed by atoms with E-state index in [0.29, 0.717) is 12.3 Å². The van der Waals surface area contributed by atoms with Gasteiger partial charge < -0.3 is 10.8 Å². The Morgan fingerprint density at radius 1 is 1.33 bits per heavy atom. The third kappa shape index (κ3) is 2.72. The first kappa shape index (κ1) is 12.1. The largest absolute Gasteiger partial charge is 0.508 e. The first-order valence-corrected chi connectivity index (χ1v) is 5.53. The van der Waals surface area contributed by atoms with Gasteiger partial charge in [0.25, 0.3) is 0 Å². The molecule has 0 fully saturated rings.